The summed E-state index contributed by atoms with van der Waals surface area (Å²) in [5, 5.41) is -0.00829. The van der Waals surface area contributed by atoms with Crippen molar-refractivity contribution < 1.29 is 19.1 Å². The summed E-state index contributed by atoms with van der Waals surface area (Å²) in [5.74, 6) is -0.180. The van der Waals surface area contributed by atoms with Crippen molar-refractivity contribution in [1.29, 1.82) is 0 Å². The predicted octanol–water partition coefficient (Wildman–Crippen LogP) is 4.13. The van der Waals surface area contributed by atoms with Gasteiger partial charge in [0, 0.05) is 25.0 Å². The minimum Gasteiger partial charge on any atom is -0.459 e. The van der Waals surface area contributed by atoms with Crippen LogP contribution in [0.3, 0.4) is 0 Å². The van der Waals surface area contributed by atoms with Gasteiger partial charge in [-0.2, -0.15) is 0 Å². The summed E-state index contributed by atoms with van der Waals surface area (Å²) in [6.07, 6.45) is 1.98. The minimum absolute atomic E-state index is 0.00829. The normalized spacial score (nSPS) is 11.3. The van der Waals surface area contributed by atoms with E-state index in [1.165, 1.54) is 17.3 Å². The van der Waals surface area contributed by atoms with Crippen molar-refractivity contribution >= 4 is 29.5 Å². The Morgan fingerprint density at radius 1 is 1.14 bits per heavy atom. The van der Waals surface area contributed by atoms with E-state index < -0.39 is 17.7 Å². The molecule has 2 rings (SSSR count). The number of halogens is 1. The number of anilines is 1. The van der Waals surface area contributed by atoms with Crippen LogP contribution in [0.1, 0.15) is 45.0 Å². The molecule has 0 bridgehead atoms. The van der Waals surface area contributed by atoms with Gasteiger partial charge in [-0.15, -0.1) is 0 Å². The highest BCUT2D eigenvalue weighted by atomic mass is 35.5. The number of rotatable bonds is 4. The molecular weight excluding hydrogens is 384 g/mol. The predicted molar refractivity (Wildman–Crippen MR) is 105 cm³/mol. The van der Waals surface area contributed by atoms with Crippen LogP contribution in [-0.4, -0.2) is 45.8 Å². The highest BCUT2D eigenvalue weighted by molar-refractivity contribution is 6.28. The van der Waals surface area contributed by atoms with Crippen molar-refractivity contribution in [2.24, 2.45) is 0 Å². The maximum Gasteiger partial charge on any atom is 0.415 e. The molecule has 0 unspecified atom stereocenters. The van der Waals surface area contributed by atoms with Crippen molar-refractivity contribution in [3.63, 3.8) is 0 Å². The third-order valence-corrected chi connectivity index (χ3v) is 3.54. The quantitative estimate of drug-likeness (QED) is 0.556. The standard InChI is InChI=1S/C19H23ClN4O4/c1-11(2)27-16(25)13-10-22-17(20)23-15(13)12-7-8-14(21-9-12)24(6)18(26)28-19(3,4)5/h7-11H,1-6H3. The van der Waals surface area contributed by atoms with Crippen molar-refractivity contribution in [2.75, 3.05) is 11.9 Å². The molecule has 0 aliphatic carbocycles. The van der Waals surface area contributed by atoms with E-state index in [0.29, 0.717) is 17.1 Å². The van der Waals surface area contributed by atoms with Crippen LogP contribution in [0.25, 0.3) is 11.3 Å². The summed E-state index contributed by atoms with van der Waals surface area (Å²) in [5.41, 5.74) is 0.383. The van der Waals surface area contributed by atoms with Gasteiger partial charge < -0.3 is 9.47 Å². The number of esters is 1. The van der Waals surface area contributed by atoms with Gasteiger partial charge >= 0.3 is 12.1 Å². The van der Waals surface area contributed by atoms with Gasteiger partial charge in [0.05, 0.1) is 11.8 Å². The molecule has 0 spiro atoms. The Kier molecular flexibility index (Phi) is 6.56. The number of nitrogens with zero attached hydrogens (tertiary/aromatic N) is 4. The molecule has 0 fully saturated rings. The Hall–Kier alpha value is -2.74. The number of hydrogen-bond donors (Lipinski definition) is 0. The molecule has 0 radical (unpaired) electrons. The van der Waals surface area contributed by atoms with Gasteiger partial charge in [-0.25, -0.2) is 24.5 Å². The lowest BCUT2D eigenvalue weighted by atomic mass is 10.1. The molecule has 0 aliphatic rings. The Labute approximate surface area is 168 Å². The second-order valence-corrected chi connectivity index (χ2v) is 7.64. The summed E-state index contributed by atoms with van der Waals surface area (Å²) >= 11 is 5.90. The summed E-state index contributed by atoms with van der Waals surface area (Å²) in [6, 6.07) is 3.29. The van der Waals surface area contributed by atoms with E-state index in [1.807, 2.05) is 0 Å². The molecule has 0 aliphatic heterocycles. The van der Waals surface area contributed by atoms with Crippen LogP contribution in [0.4, 0.5) is 10.6 Å². The van der Waals surface area contributed by atoms with Crippen LogP contribution in [0.15, 0.2) is 24.5 Å². The van der Waals surface area contributed by atoms with Crippen LogP contribution in [-0.2, 0) is 9.47 Å². The molecule has 0 atom stereocenters. The Morgan fingerprint density at radius 2 is 1.82 bits per heavy atom. The van der Waals surface area contributed by atoms with Crippen molar-refractivity contribution in [3.05, 3.63) is 35.4 Å². The first-order chi connectivity index (χ1) is 13.0. The average Bonchev–Trinajstić information content (AvgIpc) is 2.59. The molecule has 0 saturated carbocycles. The maximum atomic E-state index is 12.3. The minimum atomic E-state index is -0.616. The van der Waals surface area contributed by atoms with Gasteiger partial charge in [0.1, 0.15) is 17.0 Å². The topological polar surface area (TPSA) is 94.5 Å². The highest BCUT2D eigenvalue weighted by Crippen LogP contribution is 2.25. The molecular formula is C19H23ClN4O4. The molecule has 2 aromatic rings. The molecule has 28 heavy (non-hydrogen) atoms. The fourth-order valence-electron chi connectivity index (χ4n) is 2.16. The van der Waals surface area contributed by atoms with Crippen LogP contribution in [0, 0.1) is 0 Å². The monoisotopic (exact) mass is 406 g/mol. The van der Waals surface area contributed by atoms with E-state index in [0.717, 1.165) is 0 Å². The average molecular weight is 407 g/mol. The number of ether oxygens (including phenoxy) is 2. The number of amides is 1. The Bertz CT molecular complexity index is 863. The smallest absolute Gasteiger partial charge is 0.415 e. The largest absolute Gasteiger partial charge is 0.459 e. The Balaban J connectivity index is 2.32. The van der Waals surface area contributed by atoms with Gasteiger partial charge in [0.15, 0.2) is 0 Å². The molecule has 8 nitrogen and oxygen atoms in total. The van der Waals surface area contributed by atoms with Crippen LogP contribution in [0.2, 0.25) is 5.28 Å². The SMILES string of the molecule is CC(C)OC(=O)c1cnc(Cl)nc1-c1ccc(N(C)C(=O)OC(C)(C)C)nc1. The van der Waals surface area contributed by atoms with Gasteiger partial charge in [0.2, 0.25) is 5.28 Å². The lowest BCUT2D eigenvalue weighted by Gasteiger charge is -2.24. The second kappa shape index (κ2) is 8.52. The van der Waals surface area contributed by atoms with E-state index >= 15 is 0 Å². The third kappa shape index (κ3) is 5.63. The number of hydrogen-bond acceptors (Lipinski definition) is 7. The zero-order chi connectivity index (χ0) is 21.1. The number of carbonyl (C=O) groups excluding carboxylic acids is 2. The Morgan fingerprint density at radius 3 is 2.36 bits per heavy atom. The summed E-state index contributed by atoms with van der Waals surface area (Å²) < 4.78 is 10.5. The third-order valence-electron chi connectivity index (χ3n) is 3.35. The molecule has 0 N–H and O–H groups in total. The summed E-state index contributed by atoms with van der Waals surface area (Å²) in [6.45, 7) is 8.85. The summed E-state index contributed by atoms with van der Waals surface area (Å²) in [7, 11) is 1.56. The fourth-order valence-corrected chi connectivity index (χ4v) is 2.29. The zero-order valence-corrected chi connectivity index (χ0v) is 17.4. The molecule has 1 amide bonds. The molecule has 9 heteroatoms. The van der Waals surface area contributed by atoms with Gasteiger partial charge in [-0.05, 0) is 58.4 Å². The van der Waals surface area contributed by atoms with E-state index in [1.54, 1.807) is 53.8 Å². The zero-order valence-electron chi connectivity index (χ0n) is 16.7. The van der Waals surface area contributed by atoms with Gasteiger partial charge in [-0.3, -0.25) is 4.90 Å². The molecule has 0 saturated heterocycles. The van der Waals surface area contributed by atoms with E-state index in [2.05, 4.69) is 15.0 Å². The van der Waals surface area contributed by atoms with Crippen molar-refractivity contribution in [3.8, 4) is 11.3 Å². The van der Waals surface area contributed by atoms with Gasteiger partial charge in [0.25, 0.3) is 0 Å². The molecule has 2 aromatic heterocycles. The van der Waals surface area contributed by atoms with E-state index in [9.17, 15) is 9.59 Å². The highest BCUT2D eigenvalue weighted by Gasteiger charge is 2.22. The second-order valence-electron chi connectivity index (χ2n) is 7.30. The number of pyridine rings is 1. The first-order valence-electron chi connectivity index (χ1n) is 8.64. The summed E-state index contributed by atoms with van der Waals surface area (Å²) in [4.78, 5) is 38.0. The van der Waals surface area contributed by atoms with Crippen molar-refractivity contribution in [2.45, 2.75) is 46.3 Å². The number of carbonyl (C=O) groups is 2. The van der Waals surface area contributed by atoms with Crippen LogP contribution >= 0.6 is 11.6 Å². The van der Waals surface area contributed by atoms with Gasteiger partial charge in [-0.1, -0.05) is 0 Å². The van der Waals surface area contributed by atoms with Crippen LogP contribution < -0.4 is 4.90 Å². The molecule has 2 heterocycles. The molecule has 150 valence electrons. The van der Waals surface area contributed by atoms with Crippen LogP contribution in [0.5, 0.6) is 0 Å². The maximum absolute atomic E-state index is 12.3. The fraction of sp³-hybridized carbons (Fsp3) is 0.421. The van der Waals surface area contributed by atoms with E-state index in [4.69, 9.17) is 21.1 Å². The molecule has 0 aromatic carbocycles. The first-order valence-corrected chi connectivity index (χ1v) is 9.02. The first kappa shape index (κ1) is 21.6. The van der Waals surface area contributed by atoms with Crippen molar-refractivity contribution in [1.82, 2.24) is 15.0 Å². The lowest BCUT2D eigenvalue weighted by molar-refractivity contribution is 0.0377. The lowest BCUT2D eigenvalue weighted by Crippen LogP contribution is -2.34. The van der Waals surface area contributed by atoms with E-state index in [-0.39, 0.29) is 17.0 Å². The number of aromatic nitrogens is 3.